The number of nitrogens with zero attached hydrogens (tertiary/aromatic N) is 4. The first kappa shape index (κ1) is 11.1. The molecule has 0 aliphatic rings. The fraction of sp³-hybridized carbons (Fsp3) is 0. The topological polar surface area (TPSA) is 73.4 Å². The molecule has 17 heavy (non-hydrogen) atoms. The van der Waals surface area contributed by atoms with Gasteiger partial charge < -0.3 is 0 Å². The van der Waals surface area contributed by atoms with Gasteiger partial charge in [-0.1, -0.05) is 11.6 Å². The zero-order chi connectivity index (χ0) is 12.3. The maximum absolute atomic E-state index is 8.82. The van der Waals surface area contributed by atoms with Crippen LogP contribution < -0.4 is 0 Å². The fourth-order valence-corrected chi connectivity index (χ4v) is 1.44. The first-order chi connectivity index (χ1) is 8.24. The molecule has 0 bridgehead atoms. The Kier molecular flexibility index (Phi) is 3.00. The molecule has 0 spiro atoms. The molecule has 2 aromatic heterocycles. The predicted molar refractivity (Wildman–Crippen MR) is 61.9 cm³/mol. The quantitative estimate of drug-likeness (QED) is 0.768. The van der Waals surface area contributed by atoms with Crippen molar-refractivity contribution in [1.82, 2.24) is 9.97 Å². The van der Waals surface area contributed by atoms with Gasteiger partial charge >= 0.3 is 0 Å². The number of aromatic nitrogens is 2. The molecular formula is C12H5ClN4. The molecule has 2 heterocycles. The minimum atomic E-state index is 0.175. The second kappa shape index (κ2) is 4.61. The zero-order valence-electron chi connectivity index (χ0n) is 8.55. The third-order valence-electron chi connectivity index (χ3n) is 2.13. The van der Waals surface area contributed by atoms with Crippen LogP contribution in [0.25, 0.3) is 11.3 Å². The summed E-state index contributed by atoms with van der Waals surface area (Å²) in [4.78, 5) is 8.04. The number of halogens is 1. The number of pyridine rings is 2. The Balaban J connectivity index is 2.47. The van der Waals surface area contributed by atoms with E-state index in [1.165, 1.54) is 6.20 Å². The van der Waals surface area contributed by atoms with Gasteiger partial charge in [-0.25, -0.2) is 9.97 Å². The summed E-state index contributed by atoms with van der Waals surface area (Å²) in [6.07, 6.45) is 1.54. The van der Waals surface area contributed by atoms with Crippen LogP contribution in [0.3, 0.4) is 0 Å². The maximum Gasteiger partial charge on any atom is 0.159 e. The van der Waals surface area contributed by atoms with Crippen LogP contribution in [-0.2, 0) is 0 Å². The third-order valence-corrected chi connectivity index (χ3v) is 2.43. The average Bonchev–Trinajstić information content (AvgIpc) is 2.39. The number of hydrogen-bond donors (Lipinski definition) is 0. The molecule has 2 aromatic rings. The van der Waals surface area contributed by atoms with E-state index < -0.39 is 0 Å². The van der Waals surface area contributed by atoms with Gasteiger partial charge in [0.05, 0.1) is 10.7 Å². The van der Waals surface area contributed by atoms with Crippen molar-refractivity contribution in [3.8, 4) is 23.4 Å². The molecule has 0 atom stereocenters. The Bertz CT molecular complexity index is 635. The van der Waals surface area contributed by atoms with Crippen LogP contribution in [0.4, 0.5) is 0 Å². The summed E-state index contributed by atoms with van der Waals surface area (Å²) >= 11 is 5.79. The van der Waals surface area contributed by atoms with Crippen molar-refractivity contribution in [2.75, 3.05) is 0 Å². The molecule has 0 unspecified atom stereocenters. The summed E-state index contributed by atoms with van der Waals surface area (Å²) in [6.45, 7) is 0. The van der Waals surface area contributed by atoms with Gasteiger partial charge in [-0.2, -0.15) is 10.5 Å². The van der Waals surface area contributed by atoms with Gasteiger partial charge in [0.15, 0.2) is 5.69 Å². The molecule has 0 N–H and O–H groups in total. The lowest BCUT2D eigenvalue weighted by Crippen LogP contribution is -1.90. The SMILES string of the molecule is N#Cc1ccc(-c2ccc(Cl)c(C#N)n2)cn1. The van der Waals surface area contributed by atoms with Crippen LogP contribution in [0, 0.1) is 22.7 Å². The Morgan fingerprint density at radius 2 is 1.88 bits per heavy atom. The summed E-state index contributed by atoms with van der Waals surface area (Å²) in [5.74, 6) is 0. The summed E-state index contributed by atoms with van der Waals surface area (Å²) < 4.78 is 0. The Morgan fingerprint density at radius 1 is 1.06 bits per heavy atom. The van der Waals surface area contributed by atoms with Gasteiger partial charge in [0, 0.05) is 11.8 Å². The lowest BCUT2D eigenvalue weighted by Gasteiger charge is -2.01. The minimum absolute atomic E-state index is 0.175. The molecule has 0 amide bonds. The van der Waals surface area contributed by atoms with E-state index in [9.17, 15) is 0 Å². The minimum Gasteiger partial charge on any atom is -0.245 e. The molecular weight excluding hydrogens is 236 g/mol. The lowest BCUT2D eigenvalue weighted by atomic mass is 10.1. The summed E-state index contributed by atoms with van der Waals surface area (Å²) in [7, 11) is 0. The first-order valence-corrected chi connectivity index (χ1v) is 5.05. The monoisotopic (exact) mass is 240 g/mol. The van der Waals surface area contributed by atoms with Crippen molar-refractivity contribution >= 4 is 11.6 Å². The zero-order valence-corrected chi connectivity index (χ0v) is 9.31. The van der Waals surface area contributed by atoms with E-state index in [4.69, 9.17) is 22.1 Å². The van der Waals surface area contributed by atoms with Crippen LogP contribution >= 0.6 is 11.6 Å². The molecule has 80 valence electrons. The normalized spacial score (nSPS) is 9.35. The molecule has 0 aromatic carbocycles. The predicted octanol–water partition coefficient (Wildman–Crippen LogP) is 2.54. The molecule has 2 rings (SSSR count). The van der Waals surface area contributed by atoms with Crippen molar-refractivity contribution in [3.63, 3.8) is 0 Å². The Hall–Kier alpha value is -2.43. The number of nitriles is 2. The molecule has 0 saturated heterocycles. The second-order valence-corrected chi connectivity index (χ2v) is 3.59. The van der Waals surface area contributed by atoms with E-state index in [1.807, 2.05) is 12.1 Å². The molecule has 0 aliphatic carbocycles. The van der Waals surface area contributed by atoms with Crippen molar-refractivity contribution in [2.24, 2.45) is 0 Å². The molecule has 5 heteroatoms. The van der Waals surface area contributed by atoms with Crippen LogP contribution in [0.2, 0.25) is 5.02 Å². The van der Waals surface area contributed by atoms with Gasteiger partial charge in [-0.15, -0.1) is 0 Å². The maximum atomic E-state index is 8.82. The number of rotatable bonds is 1. The van der Waals surface area contributed by atoms with E-state index in [0.29, 0.717) is 16.4 Å². The Morgan fingerprint density at radius 3 is 2.47 bits per heavy atom. The smallest absolute Gasteiger partial charge is 0.159 e. The van der Waals surface area contributed by atoms with E-state index >= 15 is 0 Å². The third kappa shape index (κ3) is 2.23. The summed E-state index contributed by atoms with van der Waals surface area (Å²) in [5.41, 5.74) is 1.84. The van der Waals surface area contributed by atoms with E-state index in [0.717, 1.165) is 5.56 Å². The van der Waals surface area contributed by atoms with Gasteiger partial charge in [0.2, 0.25) is 0 Å². The van der Waals surface area contributed by atoms with Crippen molar-refractivity contribution in [2.45, 2.75) is 0 Å². The van der Waals surface area contributed by atoms with Crippen molar-refractivity contribution in [3.05, 3.63) is 46.9 Å². The highest BCUT2D eigenvalue weighted by Gasteiger charge is 2.05. The highest BCUT2D eigenvalue weighted by Crippen LogP contribution is 2.20. The largest absolute Gasteiger partial charge is 0.245 e. The van der Waals surface area contributed by atoms with Gasteiger partial charge in [-0.05, 0) is 24.3 Å². The van der Waals surface area contributed by atoms with E-state index in [-0.39, 0.29) is 5.69 Å². The van der Waals surface area contributed by atoms with Crippen LogP contribution in [0.15, 0.2) is 30.5 Å². The van der Waals surface area contributed by atoms with Gasteiger partial charge in [-0.3, -0.25) is 0 Å². The van der Waals surface area contributed by atoms with Gasteiger partial charge in [0.25, 0.3) is 0 Å². The highest BCUT2D eigenvalue weighted by atomic mass is 35.5. The van der Waals surface area contributed by atoms with Crippen LogP contribution in [0.5, 0.6) is 0 Å². The van der Waals surface area contributed by atoms with Crippen LogP contribution in [-0.4, -0.2) is 9.97 Å². The van der Waals surface area contributed by atoms with Crippen molar-refractivity contribution in [1.29, 1.82) is 10.5 Å². The van der Waals surface area contributed by atoms with E-state index in [2.05, 4.69) is 9.97 Å². The number of hydrogen-bond acceptors (Lipinski definition) is 4. The first-order valence-electron chi connectivity index (χ1n) is 4.68. The van der Waals surface area contributed by atoms with Crippen molar-refractivity contribution < 1.29 is 0 Å². The average molecular weight is 241 g/mol. The standard InChI is InChI=1S/C12H5ClN4/c13-10-3-4-11(17-12(10)6-15)8-1-2-9(5-14)16-7-8/h1-4,7H. The molecule has 0 radical (unpaired) electrons. The summed E-state index contributed by atoms with van der Waals surface area (Å²) in [6, 6.07) is 10.5. The highest BCUT2D eigenvalue weighted by molar-refractivity contribution is 6.31. The van der Waals surface area contributed by atoms with Gasteiger partial charge in [0.1, 0.15) is 17.8 Å². The molecule has 0 fully saturated rings. The van der Waals surface area contributed by atoms with E-state index in [1.54, 1.807) is 24.3 Å². The Labute approximate surface area is 103 Å². The summed E-state index contributed by atoms with van der Waals surface area (Å²) in [5, 5.41) is 17.8. The van der Waals surface area contributed by atoms with Crippen LogP contribution in [0.1, 0.15) is 11.4 Å². The molecule has 0 saturated carbocycles. The lowest BCUT2D eigenvalue weighted by molar-refractivity contribution is 1.22. The molecule has 4 nitrogen and oxygen atoms in total. The second-order valence-electron chi connectivity index (χ2n) is 3.18. The molecule has 0 aliphatic heterocycles. The fourth-order valence-electron chi connectivity index (χ4n) is 1.29.